The van der Waals surface area contributed by atoms with Crippen LogP contribution in [0.5, 0.6) is 0 Å². The molecule has 0 aliphatic carbocycles. The fourth-order valence-corrected chi connectivity index (χ4v) is 4.70. The summed E-state index contributed by atoms with van der Waals surface area (Å²) in [6, 6.07) is 16.2. The highest BCUT2D eigenvalue weighted by Crippen LogP contribution is 2.19. The first-order valence-electron chi connectivity index (χ1n) is 9.38. The summed E-state index contributed by atoms with van der Waals surface area (Å²) in [7, 11) is -3.54. The van der Waals surface area contributed by atoms with Crippen LogP contribution in [0.1, 0.15) is 0 Å². The number of aromatic nitrogens is 1. The second kappa shape index (κ2) is 8.28. The molecule has 8 heteroatoms. The average Bonchev–Trinajstić information content (AvgIpc) is 2.74. The lowest BCUT2D eigenvalue weighted by atomic mass is 10.2. The Hall–Kier alpha value is -2.81. The number of pyridine rings is 1. The minimum absolute atomic E-state index is 0.165. The Balaban J connectivity index is 1.41. The smallest absolute Gasteiger partial charge is 0.290 e. The zero-order valence-corrected chi connectivity index (χ0v) is 16.6. The van der Waals surface area contributed by atoms with Crippen molar-refractivity contribution in [3.8, 4) is 0 Å². The Morgan fingerprint density at radius 1 is 1.00 bits per heavy atom. The summed E-state index contributed by atoms with van der Waals surface area (Å²) < 4.78 is 33.7. The molecule has 1 N–H and O–H groups in total. The molecule has 29 heavy (non-hydrogen) atoms. The third-order valence-electron chi connectivity index (χ3n) is 4.82. The summed E-state index contributed by atoms with van der Waals surface area (Å²) >= 11 is 0. The summed E-state index contributed by atoms with van der Waals surface area (Å²) in [6.07, 6.45) is 3.78. The van der Waals surface area contributed by atoms with E-state index in [2.05, 4.69) is 5.32 Å². The third kappa shape index (κ3) is 4.45. The first-order chi connectivity index (χ1) is 14.0. The first-order valence-corrected chi connectivity index (χ1v) is 10.8. The number of benzene rings is 2. The van der Waals surface area contributed by atoms with Crippen LogP contribution in [-0.4, -0.2) is 44.9 Å². The topological polar surface area (TPSA) is 79.6 Å². The largest absolute Gasteiger partial charge is 0.379 e. The molecule has 0 unspecified atom stereocenters. The quantitative estimate of drug-likeness (QED) is 0.648. The van der Waals surface area contributed by atoms with Gasteiger partial charge in [0, 0.05) is 30.2 Å². The van der Waals surface area contributed by atoms with Crippen molar-refractivity contribution in [1.82, 2.24) is 4.31 Å². The number of hydrogen-bond acceptors (Lipinski definition) is 4. The second-order valence-corrected chi connectivity index (χ2v) is 8.77. The molecule has 0 radical (unpaired) electrons. The predicted molar refractivity (Wildman–Crippen MR) is 109 cm³/mol. The van der Waals surface area contributed by atoms with E-state index in [0.717, 1.165) is 10.8 Å². The van der Waals surface area contributed by atoms with Gasteiger partial charge in [-0.2, -0.15) is 8.87 Å². The highest BCUT2D eigenvalue weighted by Gasteiger charge is 2.26. The Morgan fingerprint density at radius 2 is 1.69 bits per heavy atom. The van der Waals surface area contributed by atoms with Gasteiger partial charge in [0.05, 0.1) is 18.1 Å². The van der Waals surface area contributed by atoms with Crippen molar-refractivity contribution in [1.29, 1.82) is 0 Å². The van der Waals surface area contributed by atoms with Crippen LogP contribution in [0.3, 0.4) is 0 Å². The summed E-state index contributed by atoms with van der Waals surface area (Å²) in [5, 5.41) is 4.98. The number of amides is 1. The molecule has 1 aliphatic rings. The number of sulfonamides is 1. The van der Waals surface area contributed by atoms with Crippen LogP contribution < -0.4 is 9.88 Å². The zero-order chi connectivity index (χ0) is 20.3. The zero-order valence-electron chi connectivity index (χ0n) is 15.8. The van der Waals surface area contributed by atoms with Crippen LogP contribution in [0.4, 0.5) is 5.69 Å². The SMILES string of the molecule is O=C(C[n+]1ccc2ccccc2c1)Nc1ccc(S(=O)(=O)N2CCOCC2)cc1. The molecule has 1 amide bonds. The fraction of sp³-hybridized carbons (Fsp3) is 0.238. The van der Waals surface area contributed by atoms with Crippen molar-refractivity contribution < 1.29 is 22.5 Å². The van der Waals surface area contributed by atoms with Crippen molar-refractivity contribution in [2.45, 2.75) is 11.4 Å². The van der Waals surface area contributed by atoms with E-state index in [1.807, 2.05) is 47.3 Å². The van der Waals surface area contributed by atoms with E-state index in [9.17, 15) is 13.2 Å². The molecule has 1 fully saturated rings. The maximum Gasteiger partial charge on any atom is 0.290 e. The first kappa shape index (κ1) is 19.5. The number of nitrogens with zero attached hydrogens (tertiary/aromatic N) is 2. The molecule has 0 spiro atoms. The summed E-state index contributed by atoms with van der Waals surface area (Å²) in [5.41, 5.74) is 0.553. The van der Waals surface area contributed by atoms with Gasteiger partial charge in [0.15, 0.2) is 12.4 Å². The van der Waals surface area contributed by atoms with Crippen molar-refractivity contribution in [3.63, 3.8) is 0 Å². The highest BCUT2D eigenvalue weighted by atomic mass is 32.2. The molecule has 2 aromatic carbocycles. The molecule has 0 saturated carbocycles. The van der Waals surface area contributed by atoms with Gasteiger partial charge < -0.3 is 10.1 Å². The van der Waals surface area contributed by atoms with Gasteiger partial charge in [-0.25, -0.2) is 8.42 Å². The van der Waals surface area contributed by atoms with E-state index in [1.54, 1.807) is 12.1 Å². The van der Waals surface area contributed by atoms with Crippen LogP contribution in [0.2, 0.25) is 0 Å². The Bertz CT molecular complexity index is 1120. The summed E-state index contributed by atoms with van der Waals surface area (Å²) in [5.74, 6) is -0.186. The van der Waals surface area contributed by atoms with Gasteiger partial charge in [0.25, 0.3) is 5.91 Å². The lowest BCUT2D eigenvalue weighted by molar-refractivity contribution is -0.682. The van der Waals surface area contributed by atoms with E-state index in [4.69, 9.17) is 4.74 Å². The maximum atomic E-state index is 12.6. The van der Waals surface area contributed by atoms with Crippen molar-refractivity contribution in [2.24, 2.45) is 0 Å². The normalized spacial score (nSPS) is 15.3. The van der Waals surface area contributed by atoms with Gasteiger partial charge >= 0.3 is 0 Å². The minimum atomic E-state index is -3.54. The summed E-state index contributed by atoms with van der Waals surface area (Å²) in [4.78, 5) is 12.6. The molecule has 1 aliphatic heterocycles. The van der Waals surface area contributed by atoms with Gasteiger partial charge in [-0.15, -0.1) is 0 Å². The monoisotopic (exact) mass is 412 g/mol. The van der Waals surface area contributed by atoms with Crippen molar-refractivity contribution in [3.05, 3.63) is 67.0 Å². The number of anilines is 1. The molecule has 0 atom stereocenters. The maximum absolute atomic E-state index is 12.6. The van der Waals surface area contributed by atoms with E-state index < -0.39 is 10.0 Å². The van der Waals surface area contributed by atoms with Gasteiger partial charge in [-0.05, 0) is 35.7 Å². The van der Waals surface area contributed by atoms with Crippen LogP contribution in [0.15, 0.2) is 71.9 Å². The molecular formula is C21H22N3O4S+. The number of carbonyl (C=O) groups is 1. The van der Waals surface area contributed by atoms with E-state index in [0.29, 0.717) is 32.0 Å². The van der Waals surface area contributed by atoms with Crippen LogP contribution in [0, 0.1) is 0 Å². The van der Waals surface area contributed by atoms with Crippen LogP contribution >= 0.6 is 0 Å². The van der Waals surface area contributed by atoms with Gasteiger partial charge in [-0.1, -0.05) is 18.2 Å². The number of ether oxygens (including phenoxy) is 1. The molecule has 1 saturated heterocycles. The van der Waals surface area contributed by atoms with E-state index in [-0.39, 0.29) is 17.3 Å². The Labute approximate surface area is 169 Å². The van der Waals surface area contributed by atoms with Gasteiger partial charge in [0.1, 0.15) is 0 Å². The van der Waals surface area contributed by atoms with E-state index >= 15 is 0 Å². The Kier molecular flexibility index (Phi) is 5.57. The number of hydrogen-bond donors (Lipinski definition) is 1. The fourth-order valence-electron chi connectivity index (χ4n) is 3.29. The molecule has 7 nitrogen and oxygen atoms in total. The van der Waals surface area contributed by atoms with E-state index in [1.165, 1.54) is 16.4 Å². The van der Waals surface area contributed by atoms with Crippen LogP contribution in [-0.2, 0) is 26.1 Å². The third-order valence-corrected chi connectivity index (χ3v) is 6.73. The van der Waals surface area contributed by atoms with Crippen molar-refractivity contribution >= 4 is 32.4 Å². The lowest BCUT2D eigenvalue weighted by Crippen LogP contribution is -2.40. The number of morpholine rings is 1. The molecular weight excluding hydrogens is 390 g/mol. The number of nitrogens with one attached hydrogen (secondary N) is 1. The van der Waals surface area contributed by atoms with Gasteiger partial charge in [-0.3, -0.25) is 4.79 Å². The molecule has 4 rings (SSSR count). The predicted octanol–water partition coefficient (Wildman–Crippen LogP) is 1.79. The highest BCUT2D eigenvalue weighted by molar-refractivity contribution is 7.89. The Morgan fingerprint density at radius 3 is 2.41 bits per heavy atom. The average molecular weight is 412 g/mol. The molecule has 150 valence electrons. The van der Waals surface area contributed by atoms with Gasteiger partial charge in [0.2, 0.25) is 16.6 Å². The minimum Gasteiger partial charge on any atom is -0.379 e. The molecule has 2 heterocycles. The number of rotatable bonds is 5. The molecule has 3 aromatic rings. The second-order valence-electron chi connectivity index (χ2n) is 6.84. The lowest BCUT2D eigenvalue weighted by Gasteiger charge is -2.26. The number of carbonyl (C=O) groups excluding carboxylic acids is 1. The number of fused-ring (bicyclic) bond motifs is 1. The molecule has 1 aromatic heterocycles. The standard InChI is InChI=1S/C21H21N3O4S/c25-21(16-23-10-9-17-3-1-2-4-18(17)15-23)22-19-5-7-20(8-6-19)29(26,27)24-11-13-28-14-12-24/h1-10,15H,11-14,16H2/p+1. The summed E-state index contributed by atoms with van der Waals surface area (Å²) in [6.45, 7) is 1.67. The van der Waals surface area contributed by atoms with Crippen molar-refractivity contribution in [2.75, 3.05) is 31.6 Å². The molecule has 0 bridgehead atoms. The van der Waals surface area contributed by atoms with Crippen LogP contribution in [0.25, 0.3) is 10.8 Å².